The molecule has 1 aliphatic rings. The number of benzene rings is 3. The van der Waals surface area contributed by atoms with Gasteiger partial charge in [0.1, 0.15) is 23.1 Å². The van der Waals surface area contributed by atoms with Gasteiger partial charge in [0.15, 0.2) is 0 Å². The Morgan fingerprint density at radius 3 is 2.44 bits per heavy atom. The third-order valence-corrected chi connectivity index (χ3v) is 8.76. The van der Waals surface area contributed by atoms with Crippen molar-refractivity contribution >= 4 is 12.0 Å². The molecule has 1 saturated heterocycles. The lowest BCUT2D eigenvalue weighted by Gasteiger charge is -2.35. The predicted octanol–water partition coefficient (Wildman–Crippen LogP) is 7.48. The van der Waals surface area contributed by atoms with Gasteiger partial charge in [-0.1, -0.05) is 62.4 Å². The van der Waals surface area contributed by atoms with E-state index in [4.69, 9.17) is 9.72 Å². The van der Waals surface area contributed by atoms with Crippen molar-refractivity contribution < 1.29 is 28.2 Å². The van der Waals surface area contributed by atoms with Crippen LogP contribution in [0.2, 0.25) is 0 Å². The van der Waals surface area contributed by atoms with Gasteiger partial charge in [-0.2, -0.15) is 0 Å². The Morgan fingerprint density at radius 2 is 1.73 bits per heavy atom. The minimum absolute atomic E-state index is 0.00854. The van der Waals surface area contributed by atoms with E-state index >= 15 is 4.39 Å². The molecule has 2 atom stereocenters. The Balaban J connectivity index is 1.52. The smallest absolute Gasteiger partial charge is 0.410 e. The summed E-state index contributed by atoms with van der Waals surface area (Å²) < 4.78 is 36.7. The number of aliphatic hydroxyl groups is 1. The Labute approximate surface area is 280 Å². The van der Waals surface area contributed by atoms with E-state index in [1.165, 1.54) is 0 Å². The van der Waals surface area contributed by atoms with Gasteiger partial charge in [0, 0.05) is 49.5 Å². The number of amides is 2. The van der Waals surface area contributed by atoms with Gasteiger partial charge in [-0.3, -0.25) is 4.79 Å². The highest BCUT2D eigenvalue weighted by Gasteiger charge is 2.37. The number of nitrogens with zero attached hydrogens (tertiary/aromatic N) is 3. The molecule has 48 heavy (non-hydrogen) atoms. The molecule has 0 aliphatic carbocycles. The number of aromatic nitrogens is 2. The Kier molecular flexibility index (Phi) is 10.3. The molecule has 5 rings (SSSR count). The maximum Gasteiger partial charge on any atom is 0.410 e. The molecule has 2 N–H and O–H groups in total. The minimum Gasteiger partial charge on any atom is -0.444 e. The van der Waals surface area contributed by atoms with Crippen molar-refractivity contribution in [1.82, 2.24) is 19.8 Å². The van der Waals surface area contributed by atoms with Crippen molar-refractivity contribution in [2.45, 2.75) is 71.6 Å². The van der Waals surface area contributed by atoms with Crippen LogP contribution in [0.25, 0.3) is 11.3 Å². The average Bonchev–Trinajstić information content (AvgIpc) is 3.69. The van der Waals surface area contributed by atoms with Crippen molar-refractivity contribution in [2.75, 3.05) is 19.7 Å². The van der Waals surface area contributed by atoms with E-state index in [0.717, 1.165) is 29.3 Å². The molecule has 0 radical (unpaired) electrons. The number of aliphatic hydroxyl groups excluding tert-OH is 1. The third kappa shape index (κ3) is 8.10. The van der Waals surface area contributed by atoms with Gasteiger partial charge in [-0.15, -0.1) is 0 Å². The van der Waals surface area contributed by atoms with Crippen molar-refractivity contribution in [3.05, 3.63) is 113 Å². The van der Waals surface area contributed by atoms with Gasteiger partial charge in [0.05, 0.1) is 11.7 Å². The predicted molar refractivity (Wildman–Crippen MR) is 180 cm³/mol. The van der Waals surface area contributed by atoms with Crippen LogP contribution < -0.4 is 5.32 Å². The topological polar surface area (TPSA) is 96.7 Å². The molecule has 1 aromatic heterocycles. The average molecular weight is 659 g/mol. The number of hydrogen-bond donors (Lipinski definition) is 2. The van der Waals surface area contributed by atoms with Gasteiger partial charge in [0.25, 0.3) is 5.91 Å². The number of carbonyl (C=O) groups excluding carboxylic acids is 2. The fraction of sp³-hybridized carbons (Fsp3) is 0.395. The molecular formula is C38H44F2N4O4. The molecule has 0 spiro atoms. The van der Waals surface area contributed by atoms with Gasteiger partial charge in [0.2, 0.25) is 0 Å². The lowest BCUT2D eigenvalue weighted by Crippen LogP contribution is -2.40. The molecule has 1 fully saturated rings. The summed E-state index contributed by atoms with van der Waals surface area (Å²) in [5, 5.41) is 13.3. The molecule has 3 aromatic carbocycles. The molecule has 10 heteroatoms. The highest BCUT2D eigenvalue weighted by atomic mass is 19.1. The van der Waals surface area contributed by atoms with Crippen LogP contribution in [0.3, 0.4) is 0 Å². The molecule has 2 amide bonds. The zero-order chi connectivity index (χ0) is 34.6. The third-order valence-electron chi connectivity index (χ3n) is 8.76. The van der Waals surface area contributed by atoms with E-state index in [9.17, 15) is 19.1 Å². The first-order chi connectivity index (χ1) is 22.8. The Hall–Kier alpha value is -4.57. The summed E-state index contributed by atoms with van der Waals surface area (Å²) in [6.07, 6.45) is 2.29. The van der Waals surface area contributed by atoms with Crippen LogP contribution in [-0.2, 0) is 11.3 Å². The standard InChI is InChI=1S/C38H44F2N4O4/c1-37(2,3)48-36(47)43-19-17-26(23-43)28-13-9-10-14-29(28)35(46)42-33(38(4,5)18-20-45)34-41-32(30-21-27(39)15-16-31(30)40)24-44(34)22-25-11-7-6-8-12-25/h6-16,21,24,26,33,45H,17-20,22-23H2,1-5H3,(H,42,46)/t26?,33-/m0/s1. The number of rotatable bonds is 10. The van der Waals surface area contributed by atoms with Gasteiger partial charge in [-0.05, 0) is 74.4 Å². The first-order valence-electron chi connectivity index (χ1n) is 16.3. The van der Waals surface area contributed by atoms with Crippen LogP contribution in [0, 0.1) is 17.0 Å². The van der Waals surface area contributed by atoms with Crippen LogP contribution >= 0.6 is 0 Å². The second-order valence-electron chi connectivity index (χ2n) is 14.1. The highest BCUT2D eigenvalue weighted by Crippen LogP contribution is 2.39. The SMILES string of the molecule is CC(C)(C)OC(=O)N1CCC(c2ccccc2C(=O)N[C@@H](c2nc(-c3cc(F)ccc3F)cn2Cc2ccccc2)C(C)(C)CCO)C1. The number of ether oxygens (including phenoxy) is 1. The molecule has 1 unspecified atom stereocenters. The van der Waals surface area contributed by atoms with E-state index in [2.05, 4.69) is 5.32 Å². The highest BCUT2D eigenvalue weighted by molar-refractivity contribution is 5.96. The zero-order valence-electron chi connectivity index (χ0n) is 28.2. The lowest BCUT2D eigenvalue weighted by molar-refractivity contribution is 0.0292. The summed E-state index contributed by atoms with van der Waals surface area (Å²) >= 11 is 0. The van der Waals surface area contributed by atoms with E-state index in [1.807, 2.05) is 81.7 Å². The molecule has 254 valence electrons. The molecule has 0 saturated carbocycles. The molecule has 0 bridgehead atoms. The van der Waals surface area contributed by atoms with Crippen LogP contribution in [0.4, 0.5) is 13.6 Å². The van der Waals surface area contributed by atoms with Gasteiger partial charge in [-0.25, -0.2) is 18.6 Å². The molecular weight excluding hydrogens is 614 g/mol. The second-order valence-corrected chi connectivity index (χ2v) is 14.1. The number of hydrogen-bond acceptors (Lipinski definition) is 5. The number of imidazole rings is 1. The summed E-state index contributed by atoms with van der Waals surface area (Å²) in [5.74, 6) is -1.19. The van der Waals surface area contributed by atoms with Crippen LogP contribution in [-0.4, -0.2) is 56.9 Å². The normalized spacial score (nSPS) is 15.8. The van der Waals surface area contributed by atoms with Crippen molar-refractivity contribution in [1.29, 1.82) is 0 Å². The van der Waals surface area contributed by atoms with E-state index in [-0.39, 0.29) is 35.8 Å². The number of nitrogens with one attached hydrogen (secondary N) is 1. The van der Waals surface area contributed by atoms with Crippen molar-refractivity contribution in [2.24, 2.45) is 5.41 Å². The Morgan fingerprint density at radius 1 is 1.02 bits per heavy atom. The van der Waals surface area contributed by atoms with E-state index in [1.54, 1.807) is 23.2 Å². The summed E-state index contributed by atoms with van der Waals surface area (Å²) in [6, 6.07) is 19.5. The number of carbonyl (C=O) groups is 2. The molecule has 8 nitrogen and oxygen atoms in total. The summed E-state index contributed by atoms with van der Waals surface area (Å²) in [6.45, 7) is 10.5. The maximum atomic E-state index is 15.0. The molecule has 2 heterocycles. The largest absolute Gasteiger partial charge is 0.444 e. The minimum atomic E-state index is -0.735. The summed E-state index contributed by atoms with van der Waals surface area (Å²) in [5.41, 5.74) is 1.15. The maximum absolute atomic E-state index is 15.0. The van der Waals surface area contributed by atoms with Gasteiger partial charge < -0.3 is 24.6 Å². The van der Waals surface area contributed by atoms with Crippen LogP contribution in [0.15, 0.2) is 79.0 Å². The van der Waals surface area contributed by atoms with Crippen LogP contribution in [0.5, 0.6) is 0 Å². The van der Waals surface area contributed by atoms with E-state index < -0.39 is 28.7 Å². The lowest BCUT2D eigenvalue weighted by atomic mass is 9.80. The quantitative estimate of drug-likeness (QED) is 0.184. The summed E-state index contributed by atoms with van der Waals surface area (Å²) in [7, 11) is 0. The fourth-order valence-corrected chi connectivity index (χ4v) is 6.21. The van der Waals surface area contributed by atoms with E-state index in [0.29, 0.717) is 43.9 Å². The van der Waals surface area contributed by atoms with Crippen molar-refractivity contribution in [3.63, 3.8) is 0 Å². The molecule has 1 aliphatic heterocycles. The molecule has 4 aromatic rings. The Bertz CT molecular complexity index is 1750. The zero-order valence-corrected chi connectivity index (χ0v) is 28.2. The van der Waals surface area contributed by atoms with Crippen molar-refractivity contribution in [3.8, 4) is 11.3 Å². The second kappa shape index (κ2) is 14.3. The number of halogens is 2. The van der Waals surface area contributed by atoms with Gasteiger partial charge >= 0.3 is 6.09 Å². The summed E-state index contributed by atoms with van der Waals surface area (Å²) in [4.78, 5) is 33.6. The first-order valence-corrected chi connectivity index (χ1v) is 16.3. The number of likely N-dealkylation sites (tertiary alicyclic amines) is 1. The fourth-order valence-electron chi connectivity index (χ4n) is 6.21. The first kappa shape index (κ1) is 34.8. The van der Waals surface area contributed by atoms with Crippen LogP contribution in [0.1, 0.15) is 86.7 Å². The monoisotopic (exact) mass is 658 g/mol.